The van der Waals surface area contributed by atoms with E-state index in [0.717, 1.165) is 19.3 Å². The molecular formula is C14H21FN4O. The normalized spacial score (nSPS) is 17.3. The average Bonchev–Trinajstić information content (AvgIpc) is 2.47. The summed E-state index contributed by atoms with van der Waals surface area (Å²) in [5, 5.41) is 0. The Morgan fingerprint density at radius 3 is 2.60 bits per heavy atom. The first-order chi connectivity index (χ1) is 9.45. The third kappa shape index (κ3) is 2.96. The van der Waals surface area contributed by atoms with E-state index in [2.05, 4.69) is 23.7 Å². The number of piperazine rings is 1. The molecule has 0 aromatic carbocycles. The molecule has 1 aromatic rings. The molecule has 1 aromatic heterocycles. The van der Waals surface area contributed by atoms with Gasteiger partial charge in [-0.3, -0.25) is 14.7 Å². The van der Waals surface area contributed by atoms with Crippen LogP contribution in [0.15, 0.2) is 18.5 Å². The van der Waals surface area contributed by atoms with Crippen molar-refractivity contribution >= 4 is 5.91 Å². The molecule has 0 saturated carbocycles. The monoisotopic (exact) mass is 280 g/mol. The second-order valence-corrected chi connectivity index (χ2v) is 5.65. The number of aromatic nitrogens is 1. The maximum absolute atomic E-state index is 13.6. The maximum atomic E-state index is 13.6. The van der Waals surface area contributed by atoms with Crippen molar-refractivity contribution in [3.05, 3.63) is 29.8 Å². The Kier molecular flexibility index (Phi) is 4.35. The summed E-state index contributed by atoms with van der Waals surface area (Å²) in [5.41, 5.74) is 5.78. The Bertz CT molecular complexity index is 484. The summed E-state index contributed by atoms with van der Waals surface area (Å²) < 4.78 is 13.6. The fourth-order valence-corrected chi connectivity index (χ4v) is 2.36. The molecule has 2 rings (SSSR count). The van der Waals surface area contributed by atoms with Crippen LogP contribution in [0.25, 0.3) is 0 Å². The second kappa shape index (κ2) is 5.85. The van der Waals surface area contributed by atoms with Crippen molar-refractivity contribution in [1.82, 2.24) is 14.8 Å². The zero-order valence-corrected chi connectivity index (χ0v) is 12.0. The van der Waals surface area contributed by atoms with Gasteiger partial charge in [0, 0.05) is 44.5 Å². The van der Waals surface area contributed by atoms with Gasteiger partial charge in [-0.25, -0.2) is 4.39 Å². The summed E-state index contributed by atoms with van der Waals surface area (Å²) in [7, 11) is 0. The quantitative estimate of drug-likeness (QED) is 0.886. The molecule has 1 saturated heterocycles. The first kappa shape index (κ1) is 14.9. The van der Waals surface area contributed by atoms with Gasteiger partial charge in [0.15, 0.2) is 5.82 Å². The number of nitrogens with two attached hydrogens (primary N) is 1. The van der Waals surface area contributed by atoms with Crippen molar-refractivity contribution in [1.29, 1.82) is 0 Å². The lowest BCUT2D eigenvalue weighted by atomic mass is 10.0. The summed E-state index contributed by atoms with van der Waals surface area (Å²) >= 11 is 0. The minimum atomic E-state index is -0.567. The Balaban J connectivity index is 2.01. The first-order valence-electron chi connectivity index (χ1n) is 6.79. The van der Waals surface area contributed by atoms with Crippen LogP contribution in [0.1, 0.15) is 24.2 Å². The van der Waals surface area contributed by atoms with Crippen LogP contribution in [0.4, 0.5) is 4.39 Å². The molecular weight excluding hydrogens is 259 g/mol. The predicted molar refractivity (Wildman–Crippen MR) is 74.8 cm³/mol. The highest BCUT2D eigenvalue weighted by atomic mass is 19.1. The third-order valence-electron chi connectivity index (χ3n) is 3.93. The van der Waals surface area contributed by atoms with Gasteiger partial charge in [-0.2, -0.15) is 0 Å². The highest BCUT2D eigenvalue weighted by Crippen LogP contribution is 2.17. The molecule has 1 aliphatic rings. The Morgan fingerprint density at radius 2 is 2.05 bits per heavy atom. The Labute approximate surface area is 118 Å². The predicted octanol–water partition coefficient (Wildman–Crippen LogP) is 0.716. The van der Waals surface area contributed by atoms with E-state index in [-0.39, 0.29) is 17.0 Å². The number of carbonyl (C=O) groups excluding carboxylic acids is 1. The molecule has 0 spiro atoms. The standard InChI is InChI=1S/C14H21FN4O/c1-14(2,10-16)19-7-5-18(6-8-19)13(20)11-3-4-17-9-12(11)15/h3-4,9H,5-8,10,16H2,1-2H3. The Morgan fingerprint density at radius 1 is 1.40 bits per heavy atom. The van der Waals surface area contributed by atoms with Gasteiger partial charge in [-0.1, -0.05) is 0 Å². The van der Waals surface area contributed by atoms with E-state index in [1.807, 2.05) is 0 Å². The molecule has 1 aliphatic heterocycles. The molecule has 1 amide bonds. The molecule has 0 bridgehead atoms. The van der Waals surface area contributed by atoms with E-state index >= 15 is 0 Å². The molecule has 0 radical (unpaired) electrons. The molecule has 1 fully saturated rings. The van der Waals surface area contributed by atoms with Crippen LogP contribution in [-0.2, 0) is 0 Å². The maximum Gasteiger partial charge on any atom is 0.257 e. The zero-order valence-electron chi connectivity index (χ0n) is 12.0. The van der Waals surface area contributed by atoms with Crippen LogP contribution in [0, 0.1) is 5.82 Å². The van der Waals surface area contributed by atoms with Crippen molar-refractivity contribution in [2.24, 2.45) is 5.73 Å². The van der Waals surface area contributed by atoms with E-state index in [4.69, 9.17) is 5.73 Å². The van der Waals surface area contributed by atoms with Gasteiger partial charge >= 0.3 is 0 Å². The number of amides is 1. The molecule has 0 atom stereocenters. The number of hydrogen-bond donors (Lipinski definition) is 1. The lowest BCUT2D eigenvalue weighted by molar-refractivity contribution is 0.0423. The minimum absolute atomic E-state index is 0.0724. The number of carbonyl (C=O) groups is 1. The van der Waals surface area contributed by atoms with Gasteiger partial charge in [-0.05, 0) is 19.9 Å². The van der Waals surface area contributed by atoms with Gasteiger partial charge in [0.05, 0.1) is 11.8 Å². The fraction of sp³-hybridized carbons (Fsp3) is 0.571. The van der Waals surface area contributed by atoms with E-state index in [1.54, 1.807) is 4.90 Å². The van der Waals surface area contributed by atoms with E-state index in [9.17, 15) is 9.18 Å². The number of hydrogen-bond acceptors (Lipinski definition) is 4. The summed E-state index contributed by atoms with van der Waals surface area (Å²) in [6.07, 6.45) is 2.51. The zero-order chi connectivity index (χ0) is 14.8. The van der Waals surface area contributed by atoms with Gasteiger partial charge in [0.25, 0.3) is 5.91 Å². The number of halogens is 1. The summed E-state index contributed by atoms with van der Waals surface area (Å²) in [4.78, 5) is 19.9. The van der Waals surface area contributed by atoms with Crippen LogP contribution in [0.3, 0.4) is 0 Å². The van der Waals surface area contributed by atoms with Crippen LogP contribution >= 0.6 is 0 Å². The van der Waals surface area contributed by atoms with Crippen LogP contribution in [0.2, 0.25) is 0 Å². The second-order valence-electron chi connectivity index (χ2n) is 5.65. The summed E-state index contributed by atoms with van der Waals surface area (Å²) in [6, 6.07) is 1.42. The average molecular weight is 280 g/mol. The SMILES string of the molecule is CC(C)(CN)N1CCN(C(=O)c2ccncc2F)CC1. The summed E-state index contributed by atoms with van der Waals surface area (Å²) in [5.74, 6) is -0.836. The third-order valence-corrected chi connectivity index (χ3v) is 3.93. The van der Waals surface area contributed by atoms with Crippen molar-refractivity contribution < 1.29 is 9.18 Å². The van der Waals surface area contributed by atoms with Gasteiger partial charge in [0.2, 0.25) is 0 Å². The first-order valence-corrected chi connectivity index (χ1v) is 6.79. The molecule has 5 nitrogen and oxygen atoms in total. The molecule has 110 valence electrons. The van der Waals surface area contributed by atoms with Crippen molar-refractivity contribution in [3.63, 3.8) is 0 Å². The lowest BCUT2D eigenvalue weighted by Gasteiger charge is -2.43. The van der Waals surface area contributed by atoms with Crippen molar-refractivity contribution in [2.45, 2.75) is 19.4 Å². The van der Waals surface area contributed by atoms with Crippen LogP contribution < -0.4 is 5.73 Å². The molecule has 6 heteroatoms. The molecule has 0 aliphatic carbocycles. The van der Waals surface area contributed by atoms with Crippen LogP contribution in [0.5, 0.6) is 0 Å². The molecule has 20 heavy (non-hydrogen) atoms. The topological polar surface area (TPSA) is 62.5 Å². The van der Waals surface area contributed by atoms with Gasteiger partial charge in [-0.15, -0.1) is 0 Å². The lowest BCUT2D eigenvalue weighted by Crippen LogP contribution is -2.58. The smallest absolute Gasteiger partial charge is 0.257 e. The molecule has 2 N–H and O–H groups in total. The van der Waals surface area contributed by atoms with E-state index in [0.29, 0.717) is 19.6 Å². The number of pyridine rings is 1. The summed E-state index contributed by atoms with van der Waals surface area (Å²) in [6.45, 7) is 7.43. The number of nitrogens with zero attached hydrogens (tertiary/aromatic N) is 3. The largest absolute Gasteiger partial charge is 0.336 e. The molecule has 0 unspecified atom stereocenters. The van der Waals surface area contributed by atoms with Gasteiger partial charge < -0.3 is 10.6 Å². The van der Waals surface area contributed by atoms with Crippen molar-refractivity contribution in [3.8, 4) is 0 Å². The highest BCUT2D eigenvalue weighted by molar-refractivity contribution is 5.94. The Hall–Kier alpha value is -1.53. The minimum Gasteiger partial charge on any atom is -0.336 e. The van der Waals surface area contributed by atoms with Crippen LogP contribution in [-0.4, -0.2) is 59.0 Å². The number of rotatable bonds is 3. The van der Waals surface area contributed by atoms with E-state index in [1.165, 1.54) is 12.3 Å². The fourth-order valence-electron chi connectivity index (χ4n) is 2.36. The van der Waals surface area contributed by atoms with Crippen molar-refractivity contribution in [2.75, 3.05) is 32.7 Å². The molecule has 2 heterocycles. The highest BCUT2D eigenvalue weighted by Gasteiger charge is 2.30. The van der Waals surface area contributed by atoms with Gasteiger partial charge in [0.1, 0.15) is 0 Å². The van der Waals surface area contributed by atoms with E-state index < -0.39 is 5.82 Å².